The molecule has 4 heteroatoms. The highest BCUT2D eigenvalue weighted by Gasteiger charge is 2.14. The molecule has 0 aliphatic heterocycles. The maximum atomic E-state index is 12.3. The van der Waals surface area contributed by atoms with E-state index in [4.69, 9.17) is 4.74 Å². The van der Waals surface area contributed by atoms with Gasteiger partial charge in [-0.25, -0.2) is 5.43 Å². The second-order valence-corrected chi connectivity index (χ2v) is 6.57. The predicted molar refractivity (Wildman–Crippen MR) is 114 cm³/mol. The fourth-order valence-electron chi connectivity index (χ4n) is 3.12. The highest BCUT2D eigenvalue weighted by atomic mass is 16.5. The van der Waals surface area contributed by atoms with Gasteiger partial charge in [-0.05, 0) is 40.6 Å². The van der Waals surface area contributed by atoms with Gasteiger partial charge in [0.1, 0.15) is 5.75 Å². The molecule has 0 aliphatic carbocycles. The number of nitrogens with zero attached hydrogens (tertiary/aromatic N) is 1. The topological polar surface area (TPSA) is 50.7 Å². The molecule has 1 unspecified atom stereocenters. The molecule has 28 heavy (non-hydrogen) atoms. The van der Waals surface area contributed by atoms with Crippen molar-refractivity contribution in [3.63, 3.8) is 0 Å². The lowest BCUT2D eigenvalue weighted by Gasteiger charge is -2.13. The summed E-state index contributed by atoms with van der Waals surface area (Å²) in [6.45, 7) is 1.71. The van der Waals surface area contributed by atoms with Crippen LogP contribution in [0.25, 0.3) is 21.5 Å². The first kappa shape index (κ1) is 17.7. The van der Waals surface area contributed by atoms with Crippen LogP contribution in [0.3, 0.4) is 0 Å². The lowest BCUT2D eigenvalue weighted by molar-refractivity contribution is -0.127. The second kappa shape index (κ2) is 7.92. The number of carbonyl (C=O) groups is 1. The maximum absolute atomic E-state index is 12.3. The summed E-state index contributed by atoms with van der Waals surface area (Å²) in [5, 5.41) is 8.52. The van der Waals surface area contributed by atoms with Crippen molar-refractivity contribution in [2.45, 2.75) is 13.0 Å². The van der Waals surface area contributed by atoms with Crippen molar-refractivity contribution in [3.8, 4) is 5.75 Å². The Hall–Kier alpha value is -3.66. The Balaban J connectivity index is 1.41. The zero-order valence-electron chi connectivity index (χ0n) is 15.5. The van der Waals surface area contributed by atoms with Gasteiger partial charge < -0.3 is 4.74 Å². The molecular weight excluding hydrogens is 348 g/mol. The fourth-order valence-corrected chi connectivity index (χ4v) is 3.12. The van der Waals surface area contributed by atoms with Crippen molar-refractivity contribution in [2.75, 3.05) is 0 Å². The number of rotatable bonds is 5. The molecule has 0 aliphatic rings. The van der Waals surface area contributed by atoms with Gasteiger partial charge in [0.05, 0.1) is 6.21 Å². The zero-order valence-corrected chi connectivity index (χ0v) is 15.5. The molecule has 4 rings (SSSR count). The lowest BCUT2D eigenvalue weighted by atomic mass is 10.1. The summed E-state index contributed by atoms with van der Waals surface area (Å²) in [7, 11) is 0. The molecule has 0 saturated carbocycles. The highest BCUT2D eigenvalue weighted by Crippen LogP contribution is 2.21. The number of ether oxygens (including phenoxy) is 1. The van der Waals surface area contributed by atoms with Crippen LogP contribution in [0, 0.1) is 0 Å². The Morgan fingerprint density at radius 1 is 0.893 bits per heavy atom. The van der Waals surface area contributed by atoms with Crippen molar-refractivity contribution in [1.29, 1.82) is 0 Å². The SMILES string of the molecule is CC(Oc1ccc2ccccc2c1)C(=O)NN=Cc1cccc2ccccc12. The first-order chi connectivity index (χ1) is 13.7. The van der Waals surface area contributed by atoms with Crippen LogP contribution in [0.15, 0.2) is 90.0 Å². The van der Waals surface area contributed by atoms with Gasteiger partial charge in [-0.3, -0.25) is 4.79 Å². The largest absolute Gasteiger partial charge is 0.481 e. The van der Waals surface area contributed by atoms with Crippen LogP contribution >= 0.6 is 0 Å². The number of hydrogen-bond donors (Lipinski definition) is 1. The van der Waals surface area contributed by atoms with Crippen molar-refractivity contribution >= 4 is 33.7 Å². The van der Waals surface area contributed by atoms with Gasteiger partial charge in [-0.15, -0.1) is 0 Å². The third kappa shape index (κ3) is 3.86. The number of amides is 1. The summed E-state index contributed by atoms with van der Waals surface area (Å²) in [6.07, 6.45) is 0.994. The summed E-state index contributed by atoms with van der Waals surface area (Å²) in [6, 6.07) is 27.8. The van der Waals surface area contributed by atoms with Crippen LogP contribution < -0.4 is 10.2 Å². The molecule has 0 saturated heterocycles. The molecule has 1 amide bonds. The minimum atomic E-state index is -0.661. The first-order valence-corrected chi connectivity index (χ1v) is 9.17. The second-order valence-electron chi connectivity index (χ2n) is 6.57. The summed E-state index contributed by atoms with van der Waals surface area (Å²) in [4.78, 5) is 12.3. The molecular formula is C24H20N2O2. The molecule has 1 N–H and O–H groups in total. The summed E-state index contributed by atoms with van der Waals surface area (Å²) in [5.74, 6) is 0.351. The van der Waals surface area contributed by atoms with Gasteiger partial charge in [0.25, 0.3) is 5.91 Å². The smallest absolute Gasteiger partial charge is 0.280 e. The third-order valence-electron chi connectivity index (χ3n) is 4.60. The minimum absolute atomic E-state index is 0.301. The first-order valence-electron chi connectivity index (χ1n) is 9.17. The molecule has 0 fully saturated rings. The van der Waals surface area contributed by atoms with Crippen LogP contribution in [-0.2, 0) is 4.79 Å². The number of fused-ring (bicyclic) bond motifs is 2. The van der Waals surface area contributed by atoms with Crippen LogP contribution in [-0.4, -0.2) is 18.2 Å². The summed E-state index contributed by atoms with van der Waals surface area (Å²) >= 11 is 0. The Bertz CT molecular complexity index is 1160. The number of carbonyl (C=O) groups excluding carboxylic acids is 1. The molecule has 4 aromatic rings. The highest BCUT2D eigenvalue weighted by molar-refractivity contribution is 6.00. The van der Waals surface area contributed by atoms with E-state index >= 15 is 0 Å². The lowest BCUT2D eigenvalue weighted by Crippen LogP contribution is -2.33. The van der Waals surface area contributed by atoms with Gasteiger partial charge in [0, 0.05) is 5.56 Å². The molecule has 0 radical (unpaired) electrons. The van der Waals surface area contributed by atoms with E-state index in [9.17, 15) is 4.79 Å². The van der Waals surface area contributed by atoms with Gasteiger partial charge in [-0.1, -0.05) is 72.8 Å². The zero-order chi connectivity index (χ0) is 19.3. The van der Waals surface area contributed by atoms with Gasteiger partial charge in [0.2, 0.25) is 0 Å². The van der Waals surface area contributed by atoms with Crippen LogP contribution in [0.5, 0.6) is 5.75 Å². The summed E-state index contributed by atoms with van der Waals surface area (Å²) in [5.41, 5.74) is 3.50. The van der Waals surface area contributed by atoms with E-state index in [1.165, 1.54) is 0 Å². The number of benzene rings is 4. The molecule has 1 atom stereocenters. The molecule has 0 aromatic heterocycles. The van der Waals surface area contributed by atoms with E-state index < -0.39 is 6.10 Å². The Morgan fingerprint density at radius 3 is 2.46 bits per heavy atom. The van der Waals surface area contributed by atoms with E-state index in [1.807, 2.05) is 84.9 Å². The number of hydrazone groups is 1. The maximum Gasteiger partial charge on any atom is 0.280 e. The number of nitrogens with one attached hydrogen (secondary N) is 1. The van der Waals surface area contributed by atoms with Crippen LogP contribution in [0.4, 0.5) is 0 Å². The molecule has 4 nitrogen and oxygen atoms in total. The van der Waals surface area contributed by atoms with Gasteiger partial charge >= 0.3 is 0 Å². The normalized spacial score (nSPS) is 12.3. The van der Waals surface area contributed by atoms with E-state index in [1.54, 1.807) is 13.1 Å². The Labute approximate surface area is 163 Å². The molecule has 138 valence electrons. The van der Waals surface area contributed by atoms with Crippen molar-refractivity contribution in [3.05, 3.63) is 90.5 Å². The van der Waals surface area contributed by atoms with Crippen molar-refractivity contribution in [2.24, 2.45) is 5.10 Å². The quantitative estimate of drug-likeness (QED) is 0.402. The van der Waals surface area contributed by atoms with E-state index in [0.29, 0.717) is 5.75 Å². The molecule has 0 heterocycles. The van der Waals surface area contributed by atoms with Crippen LogP contribution in [0.2, 0.25) is 0 Å². The Morgan fingerprint density at radius 2 is 1.61 bits per heavy atom. The van der Waals surface area contributed by atoms with Gasteiger partial charge in [-0.2, -0.15) is 5.10 Å². The standard InChI is InChI=1S/C24H20N2O2/c1-17(28-22-14-13-18-7-2-3-9-20(18)15-22)24(27)26-25-16-21-11-6-10-19-8-4-5-12-23(19)21/h2-17H,1H3,(H,26,27). The molecule has 4 aromatic carbocycles. The van der Waals surface area contributed by atoms with E-state index in [0.717, 1.165) is 27.1 Å². The average Bonchev–Trinajstić information content (AvgIpc) is 2.73. The predicted octanol–water partition coefficient (Wildman–Crippen LogP) is 4.91. The fraction of sp³-hybridized carbons (Fsp3) is 0.0833. The molecule has 0 spiro atoms. The van der Waals surface area contributed by atoms with E-state index in [2.05, 4.69) is 10.5 Å². The Kier molecular flexibility index (Phi) is 5.02. The minimum Gasteiger partial charge on any atom is -0.481 e. The average molecular weight is 368 g/mol. The third-order valence-corrected chi connectivity index (χ3v) is 4.60. The summed E-state index contributed by atoms with van der Waals surface area (Å²) < 4.78 is 5.77. The monoisotopic (exact) mass is 368 g/mol. The van der Waals surface area contributed by atoms with E-state index in [-0.39, 0.29) is 5.91 Å². The van der Waals surface area contributed by atoms with Gasteiger partial charge in [0.15, 0.2) is 6.10 Å². The van der Waals surface area contributed by atoms with Crippen molar-refractivity contribution < 1.29 is 9.53 Å². The number of hydrogen-bond acceptors (Lipinski definition) is 3. The van der Waals surface area contributed by atoms with Crippen LogP contribution in [0.1, 0.15) is 12.5 Å². The molecule has 0 bridgehead atoms. The van der Waals surface area contributed by atoms with Crippen molar-refractivity contribution in [1.82, 2.24) is 5.43 Å².